The molecule has 174 valence electrons. The lowest BCUT2D eigenvalue weighted by Crippen LogP contribution is -2.36. The van der Waals surface area contributed by atoms with Gasteiger partial charge in [-0.25, -0.2) is 0 Å². The number of nitrogens with zero attached hydrogens (tertiary/aromatic N) is 2. The van der Waals surface area contributed by atoms with Crippen LogP contribution in [-0.4, -0.2) is 37.9 Å². The molecule has 33 heavy (non-hydrogen) atoms. The van der Waals surface area contributed by atoms with Gasteiger partial charge in [-0.15, -0.1) is 0 Å². The Morgan fingerprint density at radius 3 is 2.45 bits per heavy atom. The maximum atomic E-state index is 11.9. The van der Waals surface area contributed by atoms with Crippen LogP contribution in [0.2, 0.25) is 0 Å². The lowest BCUT2D eigenvalue weighted by Gasteiger charge is -2.15. The van der Waals surface area contributed by atoms with Gasteiger partial charge in [0.1, 0.15) is 12.4 Å². The third-order valence-electron chi connectivity index (χ3n) is 5.17. The highest BCUT2D eigenvalue weighted by molar-refractivity contribution is 5.79. The average molecular weight is 449 g/mol. The first-order chi connectivity index (χ1) is 16.1. The van der Waals surface area contributed by atoms with Gasteiger partial charge in [0, 0.05) is 45.1 Å². The summed E-state index contributed by atoms with van der Waals surface area (Å²) in [7, 11) is 3.41. The minimum atomic E-state index is -0.000974. The second-order valence-corrected chi connectivity index (χ2v) is 7.72. The van der Waals surface area contributed by atoms with Gasteiger partial charge in [0.25, 0.3) is 5.56 Å². The maximum absolute atomic E-state index is 11.9. The van der Waals surface area contributed by atoms with Crippen LogP contribution in [0, 0.1) is 6.92 Å². The Balaban J connectivity index is 1.53. The summed E-state index contributed by atoms with van der Waals surface area (Å²) in [6, 6.07) is 19.6. The molecule has 0 spiro atoms. The van der Waals surface area contributed by atoms with Crippen molar-refractivity contribution in [1.82, 2.24) is 15.2 Å². The molecule has 0 fully saturated rings. The number of pyridine rings is 1. The lowest BCUT2D eigenvalue weighted by atomic mass is 10.1. The number of guanidine groups is 1. The molecule has 7 heteroatoms. The van der Waals surface area contributed by atoms with Crippen molar-refractivity contribution < 1.29 is 9.47 Å². The highest BCUT2D eigenvalue weighted by Crippen LogP contribution is 2.20. The highest BCUT2D eigenvalue weighted by atomic mass is 16.5. The summed E-state index contributed by atoms with van der Waals surface area (Å²) in [6.07, 6.45) is 1.80. The van der Waals surface area contributed by atoms with E-state index in [0.29, 0.717) is 38.8 Å². The number of ether oxygens (including phenoxy) is 2. The molecule has 7 nitrogen and oxygen atoms in total. The van der Waals surface area contributed by atoms with Gasteiger partial charge in [0.2, 0.25) is 0 Å². The Kier molecular flexibility index (Phi) is 9.08. The van der Waals surface area contributed by atoms with Gasteiger partial charge < -0.3 is 24.7 Å². The Morgan fingerprint density at radius 1 is 0.970 bits per heavy atom. The SMILES string of the molecule is CN=C(NCc1ccc(Cn2ccccc2=O)cc1)NCc1ccc(C)cc1OCCOC. The Morgan fingerprint density at radius 2 is 1.73 bits per heavy atom. The van der Waals surface area contributed by atoms with Gasteiger partial charge in [-0.2, -0.15) is 0 Å². The number of rotatable bonds is 10. The first-order valence-electron chi connectivity index (χ1n) is 11.0. The molecule has 2 N–H and O–H groups in total. The number of aliphatic imine (C=N–C) groups is 1. The van der Waals surface area contributed by atoms with E-state index in [-0.39, 0.29) is 5.56 Å². The summed E-state index contributed by atoms with van der Waals surface area (Å²) in [5.41, 5.74) is 4.41. The largest absolute Gasteiger partial charge is 0.491 e. The zero-order chi connectivity index (χ0) is 23.5. The fourth-order valence-electron chi connectivity index (χ4n) is 3.31. The number of hydrogen-bond donors (Lipinski definition) is 2. The summed E-state index contributed by atoms with van der Waals surface area (Å²) in [6.45, 7) is 4.88. The Bertz CT molecular complexity index is 1110. The van der Waals surface area contributed by atoms with Crippen LogP contribution in [0.15, 0.2) is 76.6 Å². The van der Waals surface area contributed by atoms with Crippen molar-refractivity contribution in [1.29, 1.82) is 0 Å². The molecule has 0 amide bonds. The van der Waals surface area contributed by atoms with E-state index in [4.69, 9.17) is 9.47 Å². The van der Waals surface area contributed by atoms with E-state index in [1.165, 1.54) is 0 Å². The zero-order valence-electron chi connectivity index (χ0n) is 19.5. The molecule has 2 aromatic carbocycles. The molecule has 0 bridgehead atoms. The van der Waals surface area contributed by atoms with E-state index in [0.717, 1.165) is 28.0 Å². The molecule has 1 aromatic heterocycles. The molecule has 0 aliphatic rings. The van der Waals surface area contributed by atoms with Crippen molar-refractivity contribution in [3.63, 3.8) is 0 Å². The summed E-state index contributed by atoms with van der Waals surface area (Å²) in [5, 5.41) is 6.69. The van der Waals surface area contributed by atoms with Crippen LogP contribution < -0.4 is 20.9 Å². The smallest absolute Gasteiger partial charge is 0.250 e. The van der Waals surface area contributed by atoms with E-state index in [9.17, 15) is 4.79 Å². The van der Waals surface area contributed by atoms with E-state index >= 15 is 0 Å². The van der Waals surface area contributed by atoms with Crippen molar-refractivity contribution in [2.75, 3.05) is 27.4 Å². The fraction of sp³-hybridized carbons (Fsp3) is 0.308. The van der Waals surface area contributed by atoms with Gasteiger partial charge in [0.15, 0.2) is 5.96 Å². The third-order valence-corrected chi connectivity index (χ3v) is 5.17. The van der Waals surface area contributed by atoms with Crippen molar-refractivity contribution in [3.8, 4) is 5.75 Å². The predicted octanol–water partition coefficient (Wildman–Crippen LogP) is 3.10. The summed E-state index contributed by atoms with van der Waals surface area (Å²) in [4.78, 5) is 16.2. The van der Waals surface area contributed by atoms with Crippen molar-refractivity contribution in [3.05, 3.63) is 99.5 Å². The third kappa shape index (κ3) is 7.50. The zero-order valence-corrected chi connectivity index (χ0v) is 19.5. The number of aryl methyl sites for hydroxylation is 1. The first-order valence-corrected chi connectivity index (χ1v) is 11.0. The monoisotopic (exact) mass is 448 g/mol. The van der Waals surface area contributed by atoms with E-state index in [2.05, 4.69) is 39.9 Å². The number of benzene rings is 2. The van der Waals surface area contributed by atoms with Gasteiger partial charge in [-0.05, 0) is 35.7 Å². The van der Waals surface area contributed by atoms with E-state index in [1.54, 1.807) is 37.1 Å². The van der Waals surface area contributed by atoms with Crippen molar-refractivity contribution in [2.24, 2.45) is 4.99 Å². The number of nitrogens with one attached hydrogen (secondary N) is 2. The minimum absolute atomic E-state index is 0.000974. The second-order valence-electron chi connectivity index (χ2n) is 7.72. The molecule has 0 saturated carbocycles. The number of methoxy groups -OCH3 is 1. The molecule has 0 saturated heterocycles. The Labute approximate surface area is 195 Å². The molecule has 0 aliphatic carbocycles. The first kappa shape index (κ1) is 24.1. The lowest BCUT2D eigenvalue weighted by molar-refractivity contribution is 0.145. The summed E-state index contributed by atoms with van der Waals surface area (Å²) in [5.74, 6) is 1.56. The molecule has 0 aliphatic heterocycles. The standard InChI is InChI=1S/C26H32N4O3/c1-20-7-12-23(24(16-20)33-15-14-32-3)18-29-26(27-2)28-17-21-8-10-22(11-9-21)19-30-13-5-4-6-25(30)31/h4-13,16H,14-15,17-19H2,1-3H3,(H2,27,28,29). The molecule has 3 rings (SSSR count). The molecule has 0 atom stereocenters. The van der Waals surface area contributed by atoms with Crippen molar-refractivity contribution in [2.45, 2.75) is 26.6 Å². The van der Waals surface area contributed by atoms with E-state index < -0.39 is 0 Å². The summed E-state index contributed by atoms with van der Waals surface area (Å²) >= 11 is 0. The van der Waals surface area contributed by atoms with Crippen LogP contribution in [0.4, 0.5) is 0 Å². The molecule has 1 heterocycles. The summed E-state index contributed by atoms with van der Waals surface area (Å²) < 4.78 is 12.6. The predicted molar refractivity (Wildman–Crippen MR) is 132 cm³/mol. The quantitative estimate of drug-likeness (QED) is 0.283. The van der Waals surface area contributed by atoms with Crippen molar-refractivity contribution >= 4 is 5.96 Å². The Hall–Kier alpha value is -3.58. The van der Waals surface area contributed by atoms with Gasteiger partial charge in [-0.1, -0.05) is 42.5 Å². The highest BCUT2D eigenvalue weighted by Gasteiger charge is 2.06. The maximum Gasteiger partial charge on any atom is 0.250 e. The van der Waals surface area contributed by atoms with Crippen LogP contribution in [0.25, 0.3) is 0 Å². The van der Waals surface area contributed by atoms with Crippen LogP contribution in [0.1, 0.15) is 22.3 Å². The van der Waals surface area contributed by atoms with Gasteiger partial charge in [-0.3, -0.25) is 9.79 Å². The van der Waals surface area contributed by atoms with Gasteiger partial charge >= 0.3 is 0 Å². The van der Waals surface area contributed by atoms with Crippen LogP contribution in [0.5, 0.6) is 5.75 Å². The molecular weight excluding hydrogens is 416 g/mol. The van der Waals surface area contributed by atoms with Crippen LogP contribution in [0.3, 0.4) is 0 Å². The molecule has 0 unspecified atom stereocenters. The molecule has 0 radical (unpaired) electrons. The van der Waals surface area contributed by atoms with Crippen LogP contribution in [-0.2, 0) is 24.4 Å². The molecule has 3 aromatic rings. The second kappa shape index (κ2) is 12.5. The minimum Gasteiger partial charge on any atom is -0.491 e. The number of hydrogen-bond acceptors (Lipinski definition) is 4. The average Bonchev–Trinajstić information content (AvgIpc) is 2.83. The van der Waals surface area contributed by atoms with Crippen LogP contribution >= 0.6 is 0 Å². The van der Waals surface area contributed by atoms with E-state index in [1.807, 2.05) is 31.2 Å². The fourth-order valence-corrected chi connectivity index (χ4v) is 3.31. The number of aromatic nitrogens is 1. The van der Waals surface area contributed by atoms with Gasteiger partial charge in [0.05, 0.1) is 13.2 Å². The normalized spacial score (nSPS) is 11.3. The topological polar surface area (TPSA) is 76.9 Å². The molecular formula is C26H32N4O3.